The maximum Gasteiger partial charge on any atom is 0.240 e. The second-order valence-electron chi connectivity index (χ2n) is 5.36. The zero-order valence-electron chi connectivity index (χ0n) is 13.4. The van der Waals surface area contributed by atoms with Gasteiger partial charge in [-0.1, -0.05) is 12.1 Å². The minimum atomic E-state index is -3.59. The topological polar surface area (TPSA) is 81.4 Å². The Balaban J connectivity index is 1.67. The summed E-state index contributed by atoms with van der Waals surface area (Å²) in [5.74, 6) is 1.28. The minimum Gasteiger partial charge on any atom is -0.497 e. The SMILES string of the molecule is COc1ccc(CCNS(=O)(=O)c2ccc3nc(C)oc3c2)cc1. The van der Waals surface area contributed by atoms with Gasteiger partial charge >= 0.3 is 0 Å². The summed E-state index contributed by atoms with van der Waals surface area (Å²) in [6.45, 7) is 2.03. The Morgan fingerprint density at radius 3 is 2.62 bits per heavy atom. The first-order valence-corrected chi connectivity index (χ1v) is 8.96. The van der Waals surface area contributed by atoms with Gasteiger partial charge in [0.1, 0.15) is 11.3 Å². The van der Waals surface area contributed by atoms with Crippen LogP contribution in [0.3, 0.4) is 0 Å². The molecule has 0 saturated carbocycles. The van der Waals surface area contributed by atoms with E-state index in [0.29, 0.717) is 30.0 Å². The molecule has 6 nitrogen and oxygen atoms in total. The second kappa shape index (κ2) is 6.62. The Morgan fingerprint density at radius 2 is 1.92 bits per heavy atom. The number of aryl methyl sites for hydroxylation is 1. The van der Waals surface area contributed by atoms with Crippen LogP contribution in [0.25, 0.3) is 11.1 Å². The van der Waals surface area contributed by atoms with Crippen molar-refractivity contribution in [2.45, 2.75) is 18.2 Å². The van der Waals surface area contributed by atoms with Gasteiger partial charge in [0.15, 0.2) is 11.5 Å². The van der Waals surface area contributed by atoms with Gasteiger partial charge in [0.25, 0.3) is 0 Å². The van der Waals surface area contributed by atoms with Crippen LogP contribution < -0.4 is 9.46 Å². The number of benzene rings is 2. The lowest BCUT2D eigenvalue weighted by molar-refractivity contribution is 0.414. The van der Waals surface area contributed by atoms with Crippen molar-refractivity contribution in [1.29, 1.82) is 0 Å². The Bertz CT molecular complexity index is 946. The standard InChI is InChI=1S/C17H18N2O4S/c1-12-19-16-8-7-15(11-17(16)23-12)24(20,21)18-10-9-13-3-5-14(22-2)6-4-13/h3-8,11,18H,9-10H2,1-2H3. The number of fused-ring (bicyclic) bond motifs is 1. The number of aromatic nitrogens is 1. The van der Waals surface area contributed by atoms with Crippen LogP contribution in [-0.4, -0.2) is 27.1 Å². The van der Waals surface area contributed by atoms with Crippen molar-refractivity contribution in [2.75, 3.05) is 13.7 Å². The minimum absolute atomic E-state index is 0.167. The summed E-state index contributed by atoms with van der Waals surface area (Å²) in [5.41, 5.74) is 2.13. The maximum absolute atomic E-state index is 12.4. The van der Waals surface area contributed by atoms with Crippen molar-refractivity contribution < 1.29 is 17.6 Å². The summed E-state index contributed by atoms with van der Waals surface area (Å²) in [6.07, 6.45) is 0.590. The highest BCUT2D eigenvalue weighted by molar-refractivity contribution is 7.89. The summed E-state index contributed by atoms with van der Waals surface area (Å²) in [7, 11) is -1.98. The van der Waals surface area contributed by atoms with Crippen LogP contribution in [0, 0.1) is 6.92 Å². The van der Waals surface area contributed by atoms with Crippen LogP contribution in [0.15, 0.2) is 51.8 Å². The fourth-order valence-corrected chi connectivity index (χ4v) is 3.44. The zero-order chi connectivity index (χ0) is 17.2. The highest BCUT2D eigenvalue weighted by Crippen LogP contribution is 2.19. The molecule has 0 saturated heterocycles. The summed E-state index contributed by atoms with van der Waals surface area (Å²) >= 11 is 0. The molecule has 2 aromatic carbocycles. The van der Waals surface area contributed by atoms with Crippen LogP contribution in [0.4, 0.5) is 0 Å². The third-order valence-electron chi connectivity index (χ3n) is 3.64. The predicted octanol–water partition coefficient (Wildman–Crippen LogP) is 2.67. The molecule has 0 amide bonds. The predicted molar refractivity (Wildman–Crippen MR) is 90.6 cm³/mol. The van der Waals surface area contributed by atoms with E-state index < -0.39 is 10.0 Å². The van der Waals surface area contributed by atoms with E-state index in [1.54, 1.807) is 20.1 Å². The molecule has 0 radical (unpaired) electrons. The quantitative estimate of drug-likeness (QED) is 0.742. The number of oxazole rings is 1. The average Bonchev–Trinajstić information content (AvgIpc) is 2.94. The van der Waals surface area contributed by atoms with Crippen LogP contribution in [0.2, 0.25) is 0 Å². The maximum atomic E-state index is 12.4. The number of sulfonamides is 1. The normalized spacial score (nSPS) is 11.8. The molecule has 0 atom stereocenters. The van der Waals surface area contributed by atoms with Gasteiger partial charge in [-0.15, -0.1) is 0 Å². The lowest BCUT2D eigenvalue weighted by atomic mass is 10.1. The van der Waals surface area contributed by atoms with Crippen molar-refractivity contribution in [2.24, 2.45) is 0 Å². The molecule has 0 unspecified atom stereocenters. The van der Waals surface area contributed by atoms with E-state index in [1.807, 2.05) is 24.3 Å². The van der Waals surface area contributed by atoms with Crippen LogP contribution in [0.5, 0.6) is 5.75 Å². The van der Waals surface area contributed by atoms with Crippen LogP contribution in [-0.2, 0) is 16.4 Å². The molecule has 1 N–H and O–H groups in total. The Morgan fingerprint density at radius 1 is 1.17 bits per heavy atom. The number of hydrogen-bond acceptors (Lipinski definition) is 5. The molecular weight excluding hydrogens is 328 g/mol. The van der Waals surface area contributed by atoms with Gasteiger partial charge in [-0.3, -0.25) is 0 Å². The summed E-state index contributed by atoms with van der Waals surface area (Å²) in [6, 6.07) is 12.2. The number of nitrogens with one attached hydrogen (secondary N) is 1. The van der Waals surface area contributed by atoms with E-state index in [0.717, 1.165) is 11.3 Å². The number of hydrogen-bond donors (Lipinski definition) is 1. The molecule has 3 aromatic rings. The van der Waals surface area contributed by atoms with E-state index >= 15 is 0 Å². The lowest BCUT2D eigenvalue weighted by Gasteiger charge is -2.07. The average molecular weight is 346 g/mol. The van der Waals surface area contributed by atoms with Gasteiger partial charge in [0.2, 0.25) is 10.0 Å². The van der Waals surface area contributed by atoms with Gasteiger partial charge in [0, 0.05) is 19.5 Å². The molecule has 0 fully saturated rings. The Kier molecular flexibility index (Phi) is 4.55. The fourth-order valence-electron chi connectivity index (χ4n) is 2.39. The third kappa shape index (κ3) is 3.58. The monoisotopic (exact) mass is 346 g/mol. The van der Waals surface area contributed by atoms with E-state index in [-0.39, 0.29) is 4.90 Å². The van der Waals surface area contributed by atoms with Crippen molar-refractivity contribution in [1.82, 2.24) is 9.71 Å². The van der Waals surface area contributed by atoms with Crippen molar-refractivity contribution >= 4 is 21.1 Å². The summed E-state index contributed by atoms with van der Waals surface area (Å²) in [5, 5.41) is 0. The zero-order valence-corrected chi connectivity index (χ0v) is 14.3. The Labute approximate surface area is 140 Å². The van der Waals surface area contributed by atoms with E-state index in [1.165, 1.54) is 12.1 Å². The van der Waals surface area contributed by atoms with E-state index in [9.17, 15) is 8.42 Å². The molecule has 0 aliphatic carbocycles. The molecular formula is C17H18N2O4S. The molecule has 1 heterocycles. The Hall–Kier alpha value is -2.38. The van der Waals surface area contributed by atoms with Crippen LogP contribution >= 0.6 is 0 Å². The number of ether oxygens (including phenoxy) is 1. The number of nitrogens with zero attached hydrogens (tertiary/aromatic N) is 1. The molecule has 1 aromatic heterocycles. The van der Waals surface area contributed by atoms with E-state index in [4.69, 9.17) is 9.15 Å². The van der Waals surface area contributed by atoms with Gasteiger partial charge in [-0.2, -0.15) is 0 Å². The molecule has 7 heteroatoms. The molecule has 3 rings (SSSR count). The number of rotatable bonds is 6. The highest BCUT2D eigenvalue weighted by atomic mass is 32.2. The van der Waals surface area contributed by atoms with Crippen molar-refractivity contribution in [3.63, 3.8) is 0 Å². The fraction of sp³-hybridized carbons (Fsp3) is 0.235. The summed E-state index contributed by atoms with van der Waals surface area (Å²) in [4.78, 5) is 4.33. The molecule has 0 bridgehead atoms. The molecule has 24 heavy (non-hydrogen) atoms. The van der Waals surface area contributed by atoms with Crippen LogP contribution in [0.1, 0.15) is 11.5 Å². The molecule has 126 valence electrons. The third-order valence-corrected chi connectivity index (χ3v) is 5.10. The molecule has 0 aliphatic heterocycles. The summed E-state index contributed by atoms with van der Waals surface area (Å²) < 4.78 is 37.8. The first-order chi connectivity index (χ1) is 11.5. The van der Waals surface area contributed by atoms with Gasteiger partial charge < -0.3 is 9.15 Å². The van der Waals surface area contributed by atoms with Crippen molar-refractivity contribution in [3.05, 3.63) is 53.9 Å². The molecule has 0 aliphatic rings. The molecule has 0 spiro atoms. The van der Waals surface area contributed by atoms with Gasteiger partial charge in [0.05, 0.1) is 12.0 Å². The smallest absolute Gasteiger partial charge is 0.240 e. The highest BCUT2D eigenvalue weighted by Gasteiger charge is 2.15. The van der Waals surface area contributed by atoms with Gasteiger partial charge in [-0.25, -0.2) is 18.1 Å². The lowest BCUT2D eigenvalue weighted by Crippen LogP contribution is -2.25. The first kappa shape index (κ1) is 16.5. The van der Waals surface area contributed by atoms with Crippen molar-refractivity contribution in [3.8, 4) is 5.75 Å². The van der Waals surface area contributed by atoms with Gasteiger partial charge in [-0.05, 0) is 36.2 Å². The number of methoxy groups -OCH3 is 1. The largest absolute Gasteiger partial charge is 0.497 e. The van der Waals surface area contributed by atoms with E-state index in [2.05, 4.69) is 9.71 Å². The first-order valence-electron chi connectivity index (χ1n) is 7.48. The second-order valence-corrected chi connectivity index (χ2v) is 7.13.